The molecule has 4 heteroatoms. The Labute approximate surface area is 159 Å². The van der Waals surface area contributed by atoms with Crippen LogP contribution in [0.3, 0.4) is 0 Å². The van der Waals surface area contributed by atoms with Crippen molar-refractivity contribution in [2.75, 3.05) is 19.8 Å². The number of ether oxygens (including phenoxy) is 2. The molecule has 0 saturated carbocycles. The van der Waals surface area contributed by atoms with Gasteiger partial charge in [0.25, 0.3) is 0 Å². The molecule has 2 nitrogen and oxygen atoms in total. The minimum absolute atomic E-state index is 0.233. The van der Waals surface area contributed by atoms with Crippen molar-refractivity contribution in [3.05, 3.63) is 91.0 Å². The third-order valence-electron chi connectivity index (χ3n) is 5.12. The third kappa shape index (κ3) is 2.61. The summed E-state index contributed by atoms with van der Waals surface area (Å²) in [6, 6.07) is 31.1. The summed E-state index contributed by atoms with van der Waals surface area (Å²) in [7, 11) is 0. The maximum absolute atomic E-state index is 7.98. The van der Waals surface area contributed by atoms with Gasteiger partial charge >= 0.3 is 159 Å². The van der Waals surface area contributed by atoms with E-state index < -0.39 is 5.96 Å². The van der Waals surface area contributed by atoms with Crippen molar-refractivity contribution in [3.63, 3.8) is 0 Å². The third-order valence-corrected chi connectivity index (χ3v) is 12.8. The van der Waals surface area contributed by atoms with E-state index in [0.717, 1.165) is 15.9 Å². The molecular formula is C22H22ClO2P. The molecule has 1 unspecified atom stereocenters. The summed E-state index contributed by atoms with van der Waals surface area (Å²) in [5, 5.41) is 3.31. The molecular weight excluding hydrogens is 363 g/mol. The van der Waals surface area contributed by atoms with Gasteiger partial charge in [0.05, 0.1) is 0 Å². The van der Waals surface area contributed by atoms with Crippen molar-refractivity contribution in [2.45, 2.75) is 5.85 Å². The van der Waals surface area contributed by atoms with Crippen molar-refractivity contribution >= 4 is 33.1 Å². The fourth-order valence-corrected chi connectivity index (χ4v) is 10.1. The molecule has 1 aliphatic rings. The molecule has 0 N–H and O–H groups in total. The van der Waals surface area contributed by atoms with Crippen molar-refractivity contribution < 1.29 is 9.47 Å². The second-order valence-corrected chi connectivity index (χ2v) is 12.9. The quantitative estimate of drug-likeness (QED) is 0.632. The normalized spacial score (nSPS) is 19.4. The molecule has 1 saturated heterocycles. The average molecular weight is 385 g/mol. The number of hydrogen-bond donors (Lipinski definition) is 0. The number of benzene rings is 3. The molecule has 0 amide bonds. The molecule has 26 heavy (non-hydrogen) atoms. The van der Waals surface area contributed by atoms with Crippen LogP contribution in [-0.2, 0) is 9.47 Å². The molecule has 1 heterocycles. The second kappa shape index (κ2) is 7.13. The Morgan fingerprint density at radius 1 is 0.654 bits per heavy atom. The zero-order valence-electron chi connectivity index (χ0n) is 14.5. The number of hydrogen-bond acceptors (Lipinski definition) is 2. The van der Waals surface area contributed by atoms with Gasteiger partial charge in [-0.05, 0) is 0 Å². The van der Waals surface area contributed by atoms with E-state index in [4.69, 9.17) is 20.7 Å². The molecule has 0 radical (unpaired) electrons. The molecule has 3 aromatic rings. The molecule has 0 spiro atoms. The van der Waals surface area contributed by atoms with E-state index in [-0.39, 0.29) is 5.85 Å². The summed E-state index contributed by atoms with van der Waals surface area (Å²) in [6.45, 7) is 1.65. The molecule has 1 atom stereocenters. The average Bonchev–Trinajstić information content (AvgIpc) is 2.76. The summed E-state index contributed by atoms with van der Waals surface area (Å²) in [4.78, 5) is 0. The first-order chi connectivity index (χ1) is 12.7. The summed E-state index contributed by atoms with van der Waals surface area (Å²) in [5.74, 6) is -3.65. The van der Waals surface area contributed by atoms with E-state index in [1.165, 1.54) is 0 Å². The Balaban J connectivity index is 2.10. The van der Waals surface area contributed by atoms with Crippen LogP contribution >= 0.6 is 17.2 Å². The Morgan fingerprint density at radius 2 is 1.08 bits per heavy atom. The van der Waals surface area contributed by atoms with Gasteiger partial charge in [0, 0.05) is 0 Å². The first-order valence-corrected chi connectivity index (χ1v) is 12.1. The second-order valence-electron chi connectivity index (χ2n) is 6.48. The van der Waals surface area contributed by atoms with Crippen LogP contribution in [0.15, 0.2) is 91.0 Å². The zero-order valence-corrected chi connectivity index (χ0v) is 16.2. The monoisotopic (exact) mass is 384 g/mol. The summed E-state index contributed by atoms with van der Waals surface area (Å²) in [5.41, 5.74) is 0. The van der Waals surface area contributed by atoms with Crippen LogP contribution in [-0.4, -0.2) is 25.7 Å². The summed E-state index contributed by atoms with van der Waals surface area (Å²) < 4.78 is 12.2. The van der Waals surface area contributed by atoms with Crippen molar-refractivity contribution in [2.24, 2.45) is 0 Å². The van der Waals surface area contributed by atoms with Crippen LogP contribution in [0.2, 0.25) is 0 Å². The molecule has 1 fully saturated rings. The van der Waals surface area contributed by atoms with Gasteiger partial charge in [0.1, 0.15) is 0 Å². The Hall–Kier alpha value is -1.70. The van der Waals surface area contributed by atoms with Crippen LogP contribution in [0.5, 0.6) is 0 Å². The van der Waals surface area contributed by atoms with Crippen molar-refractivity contribution in [1.29, 1.82) is 0 Å². The minimum atomic E-state index is -3.41. The standard InChI is InChI=1S/C22H22ClO2P/c23-26(19-10-4-1-5-11-19,20-12-6-2-7-13-20,21-14-8-3-9-15-21)22-18-24-16-17-25-22/h1-15,22H,16-18H2. The topological polar surface area (TPSA) is 18.5 Å². The van der Waals surface area contributed by atoms with Crippen molar-refractivity contribution in [1.82, 2.24) is 0 Å². The van der Waals surface area contributed by atoms with E-state index in [0.29, 0.717) is 19.8 Å². The van der Waals surface area contributed by atoms with E-state index in [1.54, 1.807) is 0 Å². The Bertz CT molecular complexity index is 750. The SMILES string of the molecule is ClP(c1ccccc1)(c1ccccc1)(c1ccccc1)C1COCCO1. The number of rotatable bonds is 4. The molecule has 4 rings (SSSR count). The van der Waals surface area contributed by atoms with Crippen LogP contribution in [0.4, 0.5) is 0 Å². The van der Waals surface area contributed by atoms with Gasteiger partial charge in [-0.15, -0.1) is 0 Å². The fraction of sp³-hybridized carbons (Fsp3) is 0.182. The number of halogens is 1. The van der Waals surface area contributed by atoms with E-state index in [1.807, 2.05) is 18.2 Å². The predicted molar refractivity (Wildman–Crippen MR) is 112 cm³/mol. The van der Waals surface area contributed by atoms with Crippen LogP contribution < -0.4 is 15.9 Å². The van der Waals surface area contributed by atoms with E-state index in [2.05, 4.69) is 72.8 Å². The van der Waals surface area contributed by atoms with Gasteiger partial charge in [-0.1, -0.05) is 0 Å². The zero-order chi connectivity index (χ0) is 17.9. The predicted octanol–water partition coefficient (Wildman–Crippen LogP) is 4.04. The van der Waals surface area contributed by atoms with Crippen LogP contribution in [0.1, 0.15) is 0 Å². The van der Waals surface area contributed by atoms with Gasteiger partial charge in [-0.3, -0.25) is 0 Å². The first kappa shape index (κ1) is 17.7. The van der Waals surface area contributed by atoms with Gasteiger partial charge in [-0.25, -0.2) is 0 Å². The fourth-order valence-electron chi connectivity index (χ4n) is 3.86. The maximum atomic E-state index is 7.98. The molecule has 0 bridgehead atoms. The van der Waals surface area contributed by atoms with Crippen LogP contribution in [0, 0.1) is 0 Å². The van der Waals surface area contributed by atoms with Gasteiger partial charge in [0.15, 0.2) is 0 Å². The van der Waals surface area contributed by atoms with Crippen LogP contribution in [0.25, 0.3) is 0 Å². The molecule has 0 aromatic heterocycles. The molecule has 1 aliphatic heterocycles. The molecule has 3 aromatic carbocycles. The molecule has 0 aliphatic carbocycles. The summed E-state index contributed by atoms with van der Waals surface area (Å²) in [6.07, 6.45) is 0. The van der Waals surface area contributed by atoms with Gasteiger partial charge in [0.2, 0.25) is 0 Å². The van der Waals surface area contributed by atoms with Crippen molar-refractivity contribution in [3.8, 4) is 0 Å². The molecule has 134 valence electrons. The van der Waals surface area contributed by atoms with Gasteiger partial charge in [-0.2, -0.15) is 0 Å². The van der Waals surface area contributed by atoms with E-state index in [9.17, 15) is 0 Å². The van der Waals surface area contributed by atoms with E-state index >= 15 is 0 Å². The Kier molecular flexibility index (Phi) is 4.86. The first-order valence-electron chi connectivity index (χ1n) is 8.84. The summed E-state index contributed by atoms with van der Waals surface area (Å²) >= 11 is 7.98. The Morgan fingerprint density at radius 3 is 1.42 bits per heavy atom. The van der Waals surface area contributed by atoms with Gasteiger partial charge < -0.3 is 0 Å².